The highest BCUT2D eigenvalue weighted by Crippen LogP contribution is 2.38. The lowest BCUT2D eigenvalue weighted by atomic mass is 9.83. The minimum atomic E-state index is -1.33. The summed E-state index contributed by atoms with van der Waals surface area (Å²) in [5.74, 6) is -1.57. The molecule has 3 fully saturated rings. The Balaban J connectivity index is 1.44. The standard InChI is InChI=1S/C27H28FN5O4/c1-18-2-4-19(5-3-18)14-33-24(35)15-32(23-7-6-20(13-29)12-22(23)28)25(36)27(33)16-31(17-27)26(37)30-10-8-21(34)9-11-30/h2-7,12,21,34H,8-11,14-17H2,1H3. The molecule has 3 aliphatic rings. The molecule has 1 N–H and O–H groups in total. The molecular weight excluding hydrogens is 477 g/mol. The predicted molar refractivity (Wildman–Crippen MR) is 132 cm³/mol. The molecule has 2 aromatic rings. The Labute approximate surface area is 214 Å². The summed E-state index contributed by atoms with van der Waals surface area (Å²) in [6.07, 6.45) is 0.561. The molecular formula is C27H28FN5O4. The number of aliphatic hydroxyl groups excluding tert-OH is 1. The van der Waals surface area contributed by atoms with Gasteiger partial charge in [-0.15, -0.1) is 0 Å². The van der Waals surface area contributed by atoms with Crippen LogP contribution in [0, 0.1) is 24.1 Å². The number of halogens is 1. The molecule has 3 aliphatic heterocycles. The van der Waals surface area contributed by atoms with Gasteiger partial charge < -0.3 is 19.8 Å². The lowest BCUT2D eigenvalue weighted by molar-refractivity contribution is -0.162. The Morgan fingerprint density at radius 1 is 1.11 bits per heavy atom. The molecule has 0 bridgehead atoms. The summed E-state index contributed by atoms with van der Waals surface area (Å²) in [5, 5.41) is 18.8. The number of amides is 4. The van der Waals surface area contributed by atoms with Crippen molar-refractivity contribution in [3.05, 3.63) is 65.0 Å². The molecule has 192 valence electrons. The predicted octanol–water partition coefficient (Wildman–Crippen LogP) is 2.01. The van der Waals surface area contributed by atoms with Crippen molar-refractivity contribution in [3.8, 4) is 6.07 Å². The maximum Gasteiger partial charge on any atom is 0.320 e. The zero-order valence-electron chi connectivity index (χ0n) is 20.6. The Hall–Kier alpha value is -3.97. The fraction of sp³-hybridized carbons (Fsp3) is 0.407. The summed E-state index contributed by atoms with van der Waals surface area (Å²) in [5.41, 5.74) is 0.625. The first-order valence-corrected chi connectivity index (χ1v) is 12.3. The molecule has 3 heterocycles. The van der Waals surface area contributed by atoms with Gasteiger partial charge in [-0.3, -0.25) is 14.5 Å². The van der Waals surface area contributed by atoms with Crippen LogP contribution in [0.1, 0.15) is 29.5 Å². The van der Waals surface area contributed by atoms with Crippen LogP contribution in [0.15, 0.2) is 42.5 Å². The number of urea groups is 1. The van der Waals surface area contributed by atoms with Gasteiger partial charge in [-0.05, 0) is 43.5 Å². The van der Waals surface area contributed by atoms with Crippen LogP contribution < -0.4 is 4.90 Å². The van der Waals surface area contributed by atoms with Crippen molar-refractivity contribution >= 4 is 23.5 Å². The third-order valence-corrected chi connectivity index (χ3v) is 7.49. The van der Waals surface area contributed by atoms with E-state index < -0.39 is 23.4 Å². The number of piperazine rings is 1. The van der Waals surface area contributed by atoms with Crippen LogP contribution in [0.3, 0.4) is 0 Å². The molecule has 37 heavy (non-hydrogen) atoms. The van der Waals surface area contributed by atoms with Gasteiger partial charge in [0, 0.05) is 19.6 Å². The molecule has 5 rings (SSSR count). The highest BCUT2D eigenvalue weighted by atomic mass is 19.1. The van der Waals surface area contributed by atoms with Crippen molar-refractivity contribution in [1.29, 1.82) is 5.26 Å². The Morgan fingerprint density at radius 3 is 2.41 bits per heavy atom. The molecule has 0 aliphatic carbocycles. The largest absolute Gasteiger partial charge is 0.393 e. The maximum atomic E-state index is 14.9. The van der Waals surface area contributed by atoms with E-state index in [0.717, 1.165) is 22.1 Å². The van der Waals surface area contributed by atoms with E-state index >= 15 is 0 Å². The number of carbonyl (C=O) groups is 3. The van der Waals surface area contributed by atoms with Gasteiger partial charge in [0.25, 0.3) is 5.91 Å². The van der Waals surface area contributed by atoms with Crippen LogP contribution in [0.4, 0.5) is 14.9 Å². The van der Waals surface area contributed by atoms with E-state index in [1.54, 1.807) is 4.90 Å². The van der Waals surface area contributed by atoms with Crippen molar-refractivity contribution in [3.63, 3.8) is 0 Å². The zero-order chi connectivity index (χ0) is 26.3. The number of rotatable bonds is 3. The van der Waals surface area contributed by atoms with Crippen molar-refractivity contribution in [2.75, 3.05) is 37.6 Å². The van der Waals surface area contributed by atoms with Crippen molar-refractivity contribution < 1.29 is 23.9 Å². The van der Waals surface area contributed by atoms with Gasteiger partial charge in [0.1, 0.15) is 12.4 Å². The van der Waals surface area contributed by atoms with E-state index in [2.05, 4.69) is 0 Å². The van der Waals surface area contributed by atoms with Crippen LogP contribution in [0.25, 0.3) is 0 Å². The molecule has 1 spiro atoms. The highest BCUT2D eigenvalue weighted by Gasteiger charge is 2.61. The highest BCUT2D eigenvalue weighted by molar-refractivity contribution is 6.10. The van der Waals surface area contributed by atoms with E-state index in [9.17, 15) is 23.9 Å². The van der Waals surface area contributed by atoms with Gasteiger partial charge in [-0.25, -0.2) is 9.18 Å². The average molecular weight is 506 g/mol. The Bertz CT molecular complexity index is 1280. The molecule has 2 aromatic carbocycles. The number of benzene rings is 2. The van der Waals surface area contributed by atoms with Gasteiger partial charge >= 0.3 is 6.03 Å². The molecule has 4 amide bonds. The first-order valence-electron chi connectivity index (χ1n) is 12.3. The SMILES string of the molecule is Cc1ccc(CN2C(=O)CN(c3ccc(C#N)cc3F)C(=O)C23CN(C(=O)N2CCC(O)CC2)C3)cc1. The third-order valence-electron chi connectivity index (χ3n) is 7.49. The van der Waals surface area contributed by atoms with E-state index in [1.165, 1.54) is 21.9 Å². The normalized spacial score (nSPS) is 19.7. The number of nitriles is 1. The lowest BCUT2D eigenvalue weighted by Gasteiger charge is -2.58. The van der Waals surface area contributed by atoms with Crippen LogP contribution >= 0.6 is 0 Å². The lowest BCUT2D eigenvalue weighted by Crippen LogP contribution is -2.81. The smallest absolute Gasteiger partial charge is 0.320 e. The monoisotopic (exact) mass is 505 g/mol. The molecule has 0 unspecified atom stereocenters. The van der Waals surface area contributed by atoms with E-state index in [4.69, 9.17) is 5.26 Å². The number of nitrogens with zero attached hydrogens (tertiary/aromatic N) is 5. The summed E-state index contributed by atoms with van der Waals surface area (Å²) in [7, 11) is 0. The zero-order valence-corrected chi connectivity index (χ0v) is 20.6. The second kappa shape index (κ2) is 9.48. The van der Waals surface area contributed by atoms with Gasteiger partial charge in [-0.1, -0.05) is 29.8 Å². The number of likely N-dealkylation sites (tertiary alicyclic amines) is 2. The topological polar surface area (TPSA) is 108 Å². The van der Waals surface area contributed by atoms with Crippen molar-refractivity contribution in [2.24, 2.45) is 0 Å². The number of hydrogen-bond donors (Lipinski definition) is 1. The minimum Gasteiger partial charge on any atom is -0.393 e. The number of carbonyl (C=O) groups excluding carboxylic acids is 3. The Kier molecular flexibility index (Phi) is 6.33. The van der Waals surface area contributed by atoms with Crippen LogP contribution in [-0.2, 0) is 16.1 Å². The van der Waals surface area contributed by atoms with Crippen LogP contribution in [0.2, 0.25) is 0 Å². The van der Waals surface area contributed by atoms with Crippen LogP contribution in [-0.4, -0.2) is 82.0 Å². The summed E-state index contributed by atoms with van der Waals surface area (Å²) >= 11 is 0. The molecule has 0 radical (unpaired) electrons. The number of hydrogen-bond acceptors (Lipinski definition) is 5. The molecule has 0 aromatic heterocycles. The number of anilines is 1. The summed E-state index contributed by atoms with van der Waals surface area (Å²) in [6.45, 7) is 2.64. The summed E-state index contributed by atoms with van der Waals surface area (Å²) < 4.78 is 14.9. The van der Waals surface area contributed by atoms with Crippen molar-refractivity contribution in [1.82, 2.24) is 14.7 Å². The second-order valence-corrected chi connectivity index (χ2v) is 10.0. The quantitative estimate of drug-likeness (QED) is 0.687. The van der Waals surface area contributed by atoms with Gasteiger partial charge in [0.05, 0.1) is 36.5 Å². The molecule has 0 atom stereocenters. The second-order valence-electron chi connectivity index (χ2n) is 10.0. The Morgan fingerprint density at radius 2 is 1.78 bits per heavy atom. The van der Waals surface area contributed by atoms with Crippen LogP contribution in [0.5, 0.6) is 0 Å². The molecule has 9 nitrogen and oxygen atoms in total. The first kappa shape index (κ1) is 24.7. The molecule has 10 heteroatoms. The van der Waals surface area contributed by atoms with E-state index in [1.807, 2.05) is 37.3 Å². The van der Waals surface area contributed by atoms with Gasteiger partial charge in [-0.2, -0.15) is 5.26 Å². The fourth-order valence-corrected chi connectivity index (χ4v) is 5.29. The molecule has 3 saturated heterocycles. The first-order chi connectivity index (χ1) is 17.7. The minimum absolute atomic E-state index is 0.00425. The van der Waals surface area contributed by atoms with Gasteiger partial charge in [0.2, 0.25) is 5.91 Å². The third kappa shape index (κ3) is 4.40. The van der Waals surface area contributed by atoms with E-state index in [-0.39, 0.29) is 49.4 Å². The maximum absolute atomic E-state index is 14.9. The average Bonchev–Trinajstić information content (AvgIpc) is 2.86. The van der Waals surface area contributed by atoms with E-state index in [0.29, 0.717) is 25.9 Å². The summed E-state index contributed by atoms with van der Waals surface area (Å²) in [4.78, 5) is 46.4. The summed E-state index contributed by atoms with van der Waals surface area (Å²) in [6, 6.07) is 13.1. The van der Waals surface area contributed by atoms with Crippen molar-refractivity contribution in [2.45, 2.75) is 38.0 Å². The fourth-order valence-electron chi connectivity index (χ4n) is 5.29. The number of aryl methyl sites for hydroxylation is 1. The van der Waals surface area contributed by atoms with Gasteiger partial charge in [0.15, 0.2) is 5.54 Å². The molecule has 0 saturated carbocycles. The number of piperidine rings is 1. The number of aliphatic hydroxyl groups is 1.